The van der Waals surface area contributed by atoms with Gasteiger partial charge in [0.05, 0.1) is 6.54 Å². The molecule has 1 aromatic heterocycles. The summed E-state index contributed by atoms with van der Waals surface area (Å²) >= 11 is 0. The summed E-state index contributed by atoms with van der Waals surface area (Å²) in [4.78, 5) is 26.0. The zero-order valence-corrected chi connectivity index (χ0v) is 15.8. The molecule has 3 rings (SSSR count). The maximum absolute atomic E-state index is 12.2. The molecule has 138 valence electrons. The zero-order valence-electron chi connectivity index (χ0n) is 15.8. The van der Waals surface area contributed by atoms with Gasteiger partial charge in [0.25, 0.3) is 0 Å². The normalized spacial score (nSPS) is 19.6. The van der Waals surface area contributed by atoms with E-state index in [9.17, 15) is 4.79 Å². The molecule has 0 aromatic carbocycles. The van der Waals surface area contributed by atoms with Gasteiger partial charge in [-0.05, 0) is 19.8 Å². The van der Waals surface area contributed by atoms with Gasteiger partial charge in [-0.3, -0.25) is 9.69 Å². The molecule has 6 nitrogen and oxygen atoms in total. The van der Waals surface area contributed by atoms with Crippen LogP contribution in [0.5, 0.6) is 0 Å². The molecule has 1 saturated heterocycles. The number of anilines is 1. The van der Waals surface area contributed by atoms with Crippen LogP contribution in [-0.4, -0.2) is 59.5 Å². The van der Waals surface area contributed by atoms with Crippen molar-refractivity contribution >= 4 is 11.7 Å². The maximum Gasteiger partial charge on any atom is 0.234 e. The second-order valence-corrected chi connectivity index (χ2v) is 7.69. The molecule has 1 aliphatic heterocycles. The fourth-order valence-corrected chi connectivity index (χ4v) is 3.68. The molecule has 1 aromatic rings. The van der Waals surface area contributed by atoms with Crippen LogP contribution in [0.1, 0.15) is 57.0 Å². The van der Waals surface area contributed by atoms with Crippen molar-refractivity contribution in [2.24, 2.45) is 0 Å². The summed E-state index contributed by atoms with van der Waals surface area (Å²) in [6.45, 7) is 10.4. The fourth-order valence-electron chi connectivity index (χ4n) is 3.68. The third-order valence-electron chi connectivity index (χ3n) is 5.16. The Morgan fingerprint density at radius 3 is 2.52 bits per heavy atom. The number of nitrogens with zero attached hydrogens (tertiary/aromatic N) is 4. The number of carbonyl (C=O) groups excluding carboxylic acids is 1. The molecule has 2 fully saturated rings. The number of hydrogen-bond donors (Lipinski definition) is 1. The van der Waals surface area contributed by atoms with E-state index >= 15 is 0 Å². The Morgan fingerprint density at radius 2 is 1.88 bits per heavy atom. The average Bonchev–Trinajstić information content (AvgIpc) is 3.07. The van der Waals surface area contributed by atoms with Gasteiger partial charge in [-0.15, -0.1) is 0 Å². The highest BCUT2D eigenvalue weighted by Gasteiger charge is 2.23. The van der Waals surface area contributed by atoms with Gasteiger partial charge in [0.1, 0.15) is 11.6 Å². The van der Waals surface area contributed by atoms with Crippen molar-refractivity contribution in [2.75, 3.05) is 37.6 Å². The summed E-state index contributed by atoms with van der Waals surface area (Å²) in [6.07, 6.45) is 4.79. The van der Waals surface area contributed by atoms with Crippen LogP contribution in [0.15, 0.2) is 6.07 Å². The first-order valence-corrected chi connectivity index (χ1v) is 9.63. The molecule has 1 saturated carbocycles. The lowest BCUT2D eigenvalue weighted by Gasteiger charge is -2.35. The van der Waals surface area contributed by atoms with E-state index in [1.54, 1.807) is 0 Å². The lowest BCUT2D eigenvalue weighted by atomic mass is 10.2. The first-order valence-electron chi connectivity index (χ1n) is 9.63. The van der Waals surface area contributed by atoms with Crippen molar-refractivity contribution in [3.63, 3.8) is 0 Å². The second-order valence-electron chi connectivity index (χ2n) is 7.69. The van der Waals surface area contributed by atoms with Crippen LogP contribution in [0.25, 0.3) is 0 Å². The van der Waals surface area contributed by atoms with Crippen LogP contribution in [0.3, 0.4) is 0 Å². The number of aryl methyl sites for hydroxylation is 1. The standard InChI is InChI=1S/C19H31N5O/c1-14(2)19-20-15(3)12-17(22-19)24-10-8-23(9-11-24)13-18(25)21-16-6-4-5-7-16/h12,14,16H,4-11,13H2,1-3H3,(H,21,25). The monoisotopic (exact) mass is 345 g/mol. The van der Waals surface area contributed by atoms with Crippen molar-refractivity contribution in [3.8, 4) is 0 Å². The molecule has 1 aliphatic carbocycles. The summed E-state index contributed by atoms with van der Waals surface area (Å²) in [6, 6.07) is 2.47. The van der Waals surface area contributed by atoms with Gasteiger partial charge in [0, 0.05) is 49.9 Å². The molecular formula is C19H31N5O. The zero-order chi connectivity index (χ0) is 17.8. The number of hydrogen-bond acceptors (Lipinski definition) is 5. The Hall–Kier alpha value is -1.69. The number of aromatic nitrogens is 2. The van der Waals surface area contributed by atoms with Gasteiger partial charge in [-0.2, -0.15) is 0 Å². The summed E-state index contributed by atoms with van der Waals surface area (Å²) in [5.74, 6) is 2.44. The lowest BCUT2D eigenvalue weighted by molar-refractivity contribution is -0.123. The third-order valence-corrected chi connectivity index (χ3v) is 5.16. The van der Waals surface area contributed by atoms with E-state index in [1.807, 2.05) is 6.92 Å². The Kier molecular flexibility index (Phi) is 5.89. The van der Waals surface area contributed by atoms with Crippen LogP contribution < -0.4 is 10.2 Å². The molecule has 2 heterocycles. The summed E-state index contributed by atoms with van der Waals surface area (Å²) in [5.41, 5.74) is 1.02. The largest absolute Gasteiger partial charge is 0.354 e. The van der Waals surface area contributed by atoms with Crippen LogP contribution in [0, 0.1) is 6.92 Å². The predicted octanol–water partition coefficient (Wildman–Crippen LogP) is 2.09. The van der Waals surface area contributed by atoms with Crippen LogP contribution >= 0.6 is 0 Å². The Labute approximate surface area is 151 Å². The van der Waals surface area contributed by atoms with Gasteiger partial charge in [-0.1, -0.05) is 26.7 Å². The van der Waals surface area contributed by atoms with E-state index in [-0.39, 0.29) is 5.91 Å². The fraction of sp³-hybridized carbons (Fsp3) is 0.737. The van der Waals surface area contributed by atoms with Crippen molar-refractivity contribution in [2.45, 2.75) is 58.4 Å². The van der Waals surface area contributed by atoms with Gasteiger partial charge < -0.3 is 10.2 Å². The average molecular weight is 345 g/mol. The minimum atomic E-state index is 0.181. The lowest BCUT2D eigenvalue weighted by Crippen LogP contribution is -2.50. The minimum Gasteiger partial charge on any atom is -0.354 e. The molecule has 1 N–H and O–H groups in total. The summed E-state index contributed by atoms with van der Waals surface area (Å²) in [5, 5.41) is 3.18. The number of amides is 1. The van der Waals surface area contributed by atoms with Crippen molar-refractivity contribution in [1.82, 2.24) is 20.2 Å². The van der Waals surface area contributed by atoms with Crippen molar-refractivity contribution in [3.05, 3.63) is 17.6 Å². The third kappa shape index (κ3) is 4.91. The number of carbonyl (C=O) groups is 1. The van der Waals surface area contributed by atoms with Crippen LogP contribution in [-0.2, 0) is 4.79 Å². The predicted molar refractivity (Wildman–Crippen MR) is 99.9 cm³/mol. The second kappa shape index (κ2) is 8.13. The first-order chi connectivity index (χ1) is 12.0. The van der Waals surface area contributed by atoms with E-state index in [2.05, 4.69) is 40.0 Å². The topological polar surface area (TPSA) is 61.4 Å². The van der Waals surface area contributed by atoms with Crippen molar-refractivity contribution in [1.29, 1.82) is 0 Å². The summed E-state index contributed by atoms with van der Waals surface area (Å²) < 4.78 is 0. The smallest absolute Gasteiger partial charge is 0.234 e. The molecule has 0 bridgehead atoms. The molecule has 6 heteroatoms. The first kappa shape index (κ1) is 18.1. The molecule has 25 heavy (non-hydrogen) atoms. The molecule has 0 spiro atoms. The molecule has 0 atom stereocenters. The van der Waals surface area contributed by atoms with Crippen molar-refractivity contribution < 1.29 is 4.79 Å². The van der Waals surface area contributed by atoms with Gasteiger partial charge >= 0.3 is 0 Å². The molecule has 0 radical (unpaired) electrons. The Bertz CT molecular complexity index is 589. The maximum atomic E-state index is 12.2. The van der Waals surface area contributed by atoms with Gasteiger partial charge in [0.2, 0.25) is 5.91 Å². The number of piperazine rings is 1. The van der Waals surface area contributed by atoms with E-state index < -0.39 is 0 Å². The van der Waals surface area contributed by atoms with E-state index in [4.69, 9.17) is 4.98 Å². The van der Waals surface area contributed by atoms with Gasteiger partial charge in [-0.25, -0.2) is 9.97 Å². The Morgan fingerprint density at radius 1 is 1.20 bits per heavy atom. The molecule has 2 aliphatic rings. The van der Waals surface area contributed by atoms with E-state index in [1.165, 1.54) is 12.8 Å². The van der Waals surface area contributed by atoms with E-state index in [0.717, 1.165) is 56.4 Å². The quantitative estimate of drug-likeness (QED) is 0.885. The van der Waals surface area contributed by atoms with E-state index in [0.29, 0.717) is 18.5 Å². The highest BCUT2D eigenvalue weighted by atomic mass is 16.2. The van der Waals surface area contributed by atoms with Crippen LogP contribution in [0.2, 0.25) is 0 Å². The van der Waals surface area contributed by atoms with Gasteiger partial charge in [0.15, 0.2) is 0 Å². The number of rotatable bonds is 5. The molecule has 1 amide bonds. The highest BCUT2D eigenvalue weighted by molar-refractivity contribution is 5.78. The minimum absolute atomic E-state index is 0.181. The Balaban J connectivity index is 1.50. The molecular weight excluding hydrogens is 314 g/mol. The number of nitrogens with one attached hydrogen (secondary N) is 1. The molecule has 0 unspecified atom stereocenters. The SMILES string of the molecule is Cc1cc(N2CCN(CC(=O)NC3CCCC3)CC2)nc(C(C)C)n1. The highest BCUT2D eigenvalue weighted by Crippen LogP contribution is 2.19. The van der Waals surface area contributed by atoms with Crippen LogP contribution in [0.4, 0.5) is 5.82 Å². The summed E-state index contributed by atoms with van der Waals surface area (Å²) in [7, 11) is 0.